The molecule has 0 saturated heterocycles. The lowest BCUT2D eigenvalue weighted by atomic mass is 10.1. The van der Waals surface area contributed by atoms with Crippen molar-refractivity contribution in [1.29, 1.82) is 0 Å². The number of hydrogen-bond acceptors (Lipinski definition) is 5. The Kier molecular flexibility index (Phi) is 5.60. The lowest BCUT2D eigenvalue weighted by molar-refractivity contribution is -0.137. The van der Waals surface area contributed by atoms with Gasteiger partial charge in [0.2, 0.25) is 0 Å². The second kappa shape index (κ2) is 6.80. The Balaban J connectivity index is 3.12. The topological polar surface area (TPSA) is 89.9 Å². The first-order valence-electron chi connectivity index (χ1n) is 6.38. The molecule has 0 spiro atoms. The number of carboxylic acids is 1. The molecule has 21 heavy (non-hydrogen) atoms. The second-order valence-electron chi connectivity index (χ2n) is 5.00. The van der Waals surface area contributed by atoms with Gasteiger partial charge in [-0.1, -0.05) is 19.9 Å². The van der Waals surface area contributed by atoms with Gasteiger partial charge in [-0.05, 0) is 23.6 Å². The zero-order chi connectivity index (χ0) is 16.2. The van der Waals surface area contributed by atoms with Gasteiger partial charge < -0.3 is 14.6 Å². The molecule has 0 amide bonds. The molecule has 1 aromatic rings. The lowest BCUT2D eigenvalue weighted by Crippen LogP contribution is -2.35. The van der Waals surface area contributed by atoms with Crippen LogP contribution in [-0.4, -0.2) is 39.0 Å². The fraction of sp³-hybridized carbons (Fsp3) is 0.500. The second-order valence-corrected chi connectivity index (χ2v) is 7.12. The van der Waals surface area contributed by atoms with Gasteiger partial charge >= 0.3 is 5.97 Å². The highest BCUT2D eigenvalue weighted by atomic mass is 32.2. The zero-order valence-corrected chi connectivity index (χ0v) is 13.3. The van der Waals surface area contributed by atoms with Gasteiger partial charge in [0.25, 0.3) is 0 Å². The number of sulfone groups is 1. The maximum atomic E-state index is 12.3. The van der Waals surface area contributed by atoms with E-state index in [0.29, 0.717) is 17.1 Å². The van der Waals surface area contributed by atoms with Crippen LogP contribution in [-0.2, 0) is 20.4 Å². The molecule has 1 aromatic carbocycles. The summed E-state index contributed by atoms with van der Waals surface area (Å²) < 4.78 is 34.8. The third-order valence-electron chi connectivity index (χ3n) is 3.05. The Bertz CT molecular complexity index is 606. The summed E-state index contributed by atoms with van der Waals surface area (Å²) in [6, 6.07) is 4.71. The summed E-state index contributed by atoms with van der Waals surface area (Å²) in [4.78, 5) is 11.2. The fourth-order valence-electron chi connectivity index (χ4n) is 2.15. The summed E-state index contributed by atoms with van der Waals surface area (Å²) >= 11 is 0. The summed E-state index contributed by atoms with van der Waals surface area (Å²) in [6.45, 7) is 3.15. The molecule has 118 valence electrons. The predicted octanol–water partition coefficient (Wildman–Crippen LogP) is 1.73. The smallest absolute Gasteiger partial charge is 0.322 e. The number of ether oxygens (including phenoxy) is 2. The molecule has 0 aliphatic heterocycles. The zero-order valence-electron chi connectivity index (χ0n) is 12.5. The first-order chi connectivity index (χ1) is 9.72. The highest BCUT2D eigenvalue weighted by Crippen LogP contribution is 2.29. The van der Waals surface area contributed by atoms with Crippen molar-refractivity contribution in [1.82, 2.24) is 0 Å². The number of methoxy groups -OCH3 is 2. The van der Waals surface area contributed by atoms with E-state index in [1.807, 2.05) is 0 Å². The van der Waals surface area contributed by atoms with Crippen LogP contribution in [0.25, 0.3) is 0 Å². The van der Waals surface area contributed by atoms with E-state index < -0.39 is 27.0 Å². The molecule has 1 N–H and O–H groups in total. The minimum Gasteiger partial charge on any atom is -0.493 e. The summed E-state index contributed by atoms with van der Waals surface area (Å²) in [6.07, 6.45) is 0. The molecule has 0 aliphatic carbocycles. The van der Waals surface area contributed by atoms with E-state index in [2.05, 4.69) is 0 Å². The van der Waals surface area contributed by atoms with E-state index in [0.717, 1.165) is 0 Å². The fourth-order valence-corrected chi connectivity index (χ4v) is 4.11. The molecule has 0 aliphatic rings. The normalized spacial score (nSPS) is 13.0. The Morgan fingerprint density at radius 3 is 2.19 bits per heavy atom. The molecule has 1 rings (SSSR count). The number of carbonyl (C=O) groups is 1. The largest absolute Gasteiger partial charge is 0.493 e. The van der Waals surface area contributed by atoms with Crippen molar-refractivity contribution in [2.24, 2.45) is 5.92 Å². The van der Waals surface area contributed by atoms with Crippen molar-refractivity contribution < 1.29 is 27.8 Å². The third kappa shape index (κ3) is 4.10. The molecular formula is C14H20O6S. The van der Waals surface area contributed by atoms with Crippen LogP contribution in [0.5, 0.6) is 11.5 Å². The first-order valence-corrected chi connectivity index (χ1v) is 8.09. The molecule has 6 nitrogen and oxygen atoms in total. The van der Waals surface area contributed by atoms with Crippen molar-refractivity contribution in [2.45, 2.75) is 24.9 Å². The van der Waals surface area contributed by atoms with Gasteiger partial charge in [-0.25, -0.2) is 8.42 Å². The molecule has 0 saturated carbocycles. The van der Waals surface area contributed by atoms with Gasteiger partial charge in [-0.15, -0.1) is 0 Å². The van der Waals surface area contributed by atoms with Gasteiger partial charge in [-0.2, -0.15) is 0 Å². The minimum atomic E-state index is -3.81. The van der Waals surface area contributed by atoms with E-state index in [9.17, 15) is 13.2 Å². The molecule has 7 heteroatoms. The number of benzene rings is 1. The molecule has 0 heterocycles. The van der Waals surface area contributed by atoms with Crippen LogP contribution in [0.15, 0.2) is 18.2 Å². The van der Waals surface area contributed by atoms with Crippen molar-refractivity contribution >= 4 is 15.8 Å². The van der Waals surface area contributed by atoms with Crippen LogP contribution >= 0.6 is 0 Å². The molecule has 0 bridgehead atoms. The summed E-state index contributed by atoms with van der Waals surface area (Å²) in [5.41, 5.74) is 0.458. The van der Waals surface area contributed by atoms with Crippen LogP contribution in [0.3, 0.4) is 0 Å². The number of aliphatic carboxylic acids is 1. The molecule has 0 aromatic heterocycles. The Hall–Kier alpha value is -1.76. The quantitative estimate of drug-likeness (QED) is 0.824. The van der Waals surface area contributed by atoms with Crippen LogP contribution < -0.4 is 9.47 Å². The van der Waals surface area contributed by atoms with E-state index >= 15 is 0 Å². The van der Waals surface area contributed by atoms with Gasteiger partial charge in [0.05, 0.1) is 20.0 Å². The molecular weight excluding hydrogens is 296 g/mol. The monoisotopic (exact) mass is 316 g/mol. The molecule has 1 unspecified atom stereocenters. The van der Waals surface area contributed by atoms with Crippen LogP contribution in [0.4, 0.5) is 0 Å². The van der Waals surface area contributed by atoms with Crippen molar-refractivity contribution in [3.8, 4) is 11.5 Å². The number of rotatable bonds is 7. The van der Waals surface area contributed by atoms with Crippen molar-refractivity contribution in [3.63, 3.8) is 0 Å². The standard InChI is InChI=1S/C14H20O6S/c1-9(2)13(14(15)16)21(17,18)8-10-5-6-11(19-3)12(7-10)20-4/h5-7,9,13H,8H2,1-4H3,(H,15,16). The molecule has 0 fully saturated rings. The minimum absolute atomic E-state index is 0.359. The highest BCUT2D eigenvalue weighted by molar-refractivity contribution is 7.92. The van der Waals surface area contributed by atoms with Gasteiger partial charge in [-0.3, -0.25) is 4.79 Å². The Morgan fingerprint density at radius 1 is 1.19 bits per heavy atom. The maximum absolute atomic E-state index is 12.3. The highest BCUT2D eigenvalue weighted by Gasteiger charge is 2.35. The average Bonchev–Trinajstić information content (AvgIpc) is 2.36. The van der Waals surface area contributed by atoms with Gasteiger partial charge in [0.1, 0.15) is 0 Å². The molecule has 0 radical (unpaired) electrons. The Morgan fingerprint density at radius 2 is 1.76 bits per heavy atom. The Labute approximate surface area is 124 Å². The predicted molar refractivity (Wildman–Crippen MR) is 78.4 cm³/mol. The lowest BCUT2D eigenvalue weighted by Gasteiger charge is -2.17. The van der Waals surface area contributed by atoms with Crippen molar-refractivity contribution in [2.75, 3.05) is 14.2 Å². The van der Waals surface area contributed by atoms with Gasteiger partial charge in [0.15, 0.2) is 26.6 Å². The SMILES string of the molecule is COc1ccc(CS(=O)(=O)C(C(=O)O)C(C)C)cc1OC. The van der Waals surface area contributed by atoms with Crippen LogP contribution in [0.2, 0.25) is 0 Å². The number of hydrogen-bond donors (Lipinski definition) is 1. The van der Waals surface area contributed by atoms with E-state index in [4.69, 9.17) is 14.6 Å². The van der Waals surface area contributed by atoms with E-state index in [1.165, 1.54) is 20.3 Å². The average molecular weight is 316 g/mol. The molecule has 1 atom stereocenters. The van der Waals surface area contributed by atoms with Crippen LogP contribution in [0, 0.1) is 5.92 Å². The van der Waals surface area contributed by atoms with Crippen molar-refractivity contribution in [3.05, 3.63) is 23.8 Å². The summed E-state index contributed by atoms with van der Waals surface area (Å²) in [5, 5.41) is 7.69. The van der Waals surface area contributed by atoms with Gasteiger partial charge in [0, 0.05) is 0 Å². The summed E-state index contributed by atoms with van der Waals surface area (Å²) in [5.74, 6) is -1.31. The third-order valence-corrected chi connectivity index (χ3v) is 5.31. The van der Waals surface area contributed by atoms with E-state index in [-0.39, 0.29) is 5.75 Å². The van der Waals surface area contributed by atoms with E-state index in [1.54, 1.807) is 26.0 Å². The van der Waals surface area contributed by atoms with Crippen LogP contribution in [0.1, 0.15) is 19.4 Å². The summed E-state index contributed by atoms with van der Waals surface area (Å²) in [7, 11) is -0.886. The maximum Gasteiger partial charge on any atom is 0.322 e. The number of carboxylic acid groups (broad SMARTS) is 1. The first kappa shape index (κ1) is 17.3.